The van der Waals surface area contributed by atoms with Crippen LogP contribution >= 0.6 is 34.8 Å². The SMILES string of the molecule is Cc1c(Cl)cccc1NS(=O)(=O)c1ccc2c(c1)C1C=CCC1[C@H](c1ccc(Cl)cc1Cl)N2. The minimum atomic E-state index is -3.79. The Hall–Kier alpha value is -2.18. The lowest BCUT2D eigenvalue weighted by Crippen LogP contribution is -2.29. The van der Waals surface area contributed by atoms with Gasteiger partial charge in [-0.1, -0.05) is 59.1 Å². The van der Waals surface area contributed by atoms with Gasteiger partial charge in [0, 0.05) is 26.7 Å². The highest BCUT2D eigenvalue weighted by Gasteiger charge is 2.39. The predicted molar refractivity (Wildman–Crippen MR) is 136 cm³/mol. The zero-order chi connectivity index (χ0) is 23.3. The van der Waals surface area contributed by atoms with Gasteiger partial charge in [0.1, 0.15) is 0 Å². The van der Waals surface area contributed by atoms with E-state index < -0.39 is 10.0 Å². The highest BCUT2D eigenvalue weighted by atomic mass is 35.5. The summed E-state index contributed by atoms with van der Waals surface area (Å²) >= 11 is 18.8. The average Bonchev–Trinajstić information content (AvgIpc) is 3.26. The number of rotatable bonds is 4. The van der Waals surface area contributed by atoms with Crippen molar-refractivity contribution in [3.63, 3.8) is 0 Å². The number of allylic oxidation sites excluding steroid dienone is 2. The summed E-state index contributed by atoms with van der Waals surface area (Å²) in [5.41, 5.74) is 4.00. The molecule has 0 saturated heterocycles. The van der Waals surface area contributed by atoms with Crippen molar-refractivity contribution in [3.05, 3.63) is 98.5 Å². The van der Waals surface area contributed by atoms with Gasteiger partial charge >= 0.3 is 0 Å². The maximum Gasteiger partial charge on any atom is 0.261 e. The maximum absolute atomic E-state index is 13.2. The Morgan fingerprint density at radius 3 is 2.58 bits per heavy atom. The van der Waals surface area contributed by atoms with Crippen molar-refractivity contribution in [1.82, 2.24) is 0 Å². The molecule has 33 heavy (non-hydrogen) atoms. The van der Waals surface area contributed by atoms with E-state index in [2.05, 4.69) is 22.2 Å². The molecule has 0 radical (unpaired) electrons. The fraction of sp³-hybridized carbons (Fsp3) is 0.200. The van der Waals surface area contributed by atoms with Crippen LogP contribution in [0.1, 0.15) is 35.1 Å². The van der Waals surface area contributed by atoms with Crippen LogP contribution in [0.25, 0.3) is 0 Å². The van der Waals surface area contributed by atoms with Gasteiger partial charge in [0.2, 0.25) is 0 Å². The van der Waals surface area contributed by atoms with E-state index in [1.165, 1.54) is 0 Å². The molecule has 170 valence electrons. The zero-order valence-electron chi connectivity index (χ0n) is 17.6. The van der Waals surface area contributed by atoms with E-state index in [0.717, 1.165) is 23.2 Å². The van der Waals surface area contributed by atoms with E-state index in [-0.39, 0.29) is 22.8 Å². The molecule has 2 unspecified atom stereocenters. The molecular weight excluding hydrogens is 499 g/mol. The highest BCUT2D eigenvalue weighted by Crippen LogP contribution is 2.51. The van der Waals surface area contributed by atoms with Crippen molar-refractivity contribution in [2.75, 3.05) is 10.0 Å². The number of anilines is 2. The summed E-state index contributed by atoms with van der Waals surface area (Å²) in [5.74, 6) is 0.304. The maximum atomic E-state index is 13.2. The van der Waals surface area contributed by atoms with Gasteiger partial charge in [-0.2, -0.15) is 0 Å². The Labute approximate surface area is 208 Å². The fourth-order valence-corrected chi connectivity index (χ4v) is 6.58. The first-order chi connectivity index (χ1) is 15.7. The second kappa shape index (κ2) is 8.55. The Morgan fingerprint density at radius 1 is 0.970 bits per heavy atom. The molecule has 5 rings (SSSR count). The predicted octanol–water partition coefficient (Wildman–Crippen LogP) is 7.58. The molecule has 1 heterocycles. The highest BCUT2D eigenvalue weighted by molar-refractivity contribution is 7.92. The smallest absolute Gasteiger partial charge is 0.261 e. The summed E-state index contributed by atoms with van der Waals surface area (Å²) in [6.07, 6.45) is 5.18. The molecule has 0 saturated carbocycles. The van der Waals surface area contributed by atoms with E-state index in [9.17, 15) is 8.42 Å². The molecule has 1 aliphatic carbocycles. The van der Waals surface area contributed by atoms with E-state index in [1.807, 2.05) is 18.2 Å². The number of hydrogen-bond donors (Lipinski definition) is 2. The number of benzene rings is 3. The standard InChI is InChI=1S/C25H21Cl3N2O2S/c1-14-21(27)6-3-7-23(14)30-33(31,32)16-9-11-24-20(13-16)17-4-2-5-18(17)25(29-24)19-10-8-15(26)12-22(19)28/h2-4,6-13,17-18,25,29-30H,5H2,1H3/t17?,18?,25-/m1/s1. The van der Waals surface area contributed by atoms with Gasteiger partial charge in [-0.15, -0.1) is 0 Å². The molecule has 3 aromatic carbocycles. The van der Waals surface area contributed by atoms with Crippen LogP contribution < -0.4 is 10.0 Å². The fourth-order valence-electron chi connectivity index (χ4n) is 4.72. The van der Waals surface area contributed by atoms with Crippen molar-refractivity contribution in [3.8, 4) is 0 Å². The summed E-state index contributed by atoms with van der Waals surface area (Å²) in [6.45, 7) is 1.78. The van der Waals surface area contributed by atoms with Gasteiger partial charge in [-0.3, -0.25) is 4.72 Å². The first-order valence-corrected chi connectivity index (χ1v) is 13.2. The van der Waals surface area contributed by atoms with Crippen molar-refractivity contribution in [1.29, 1.82) is 0 Å². The topological polar surface area (TPSA) is 58.2 Å². The van der Waals surface area contributed by atoms with Gasteiger partial charge < -0.3 is 5.32 Å². The van der Waals surface area contributed by atoms with Crippen LogP contribution in [-0.2, 0) is 10.0 Å². The number of halogens is 3. The zero-order valence-corrected chi connectivity index (χ0v) is 20.7. The van der Waals surface area contributed by atoms with E-state index >= 15 is 0 Å². The Balaban J connectivity index is 1.51. The lowest BCUT2D eigenvalue weighted by molar-refractivity contribution is 0.425. The molecule has 0 bridgehead atoms. The van der Waals surface area contributed by atoms with Crippen LogP contribution in [0.2, 0.25) is 15.1 Å². The molecule has 8 heteroatoms. The van der Waals surface area contributed by atoms with Crippen LogP contribution in [0.5, 0.6) is 0 Å². The van der Waals surface area contributed by atoms with E-state index in [4.69, 9.17) is 34.8 Å². The van der Waals surface area contributed by atoms with E-state index in [0.29, 0.717) is 26.3 Å². The number of sulfonamides is 1. The number of nitrogens with one attached hydrogen (secondary N) is 2. The molecule has 3 atom stereocenters. The lowest BCUT2D eigenvalue weighted by Gasteiger charge is -2.38. The van der Waals surface area contributed by atoms with Gasteiger partial charge in [0.05, 0.1) is 16.6 Å². The van der Waals surface area contributed by atoms with Crippen LogP contribution in [0, 0.1) is 12.8 Å². The molecular formula is C25H21Cl3N2O2S. The summed E-state index contributed by atoms with van der Waals surface area (Å²) in [7, 11) is -3.79. The normalized spacial score (nSPS) is 21.3. The quantitative estimate of drug-likeness (QED) is 0.349. The van der Waals surface area contributed by atoms with Crippen molar-refractivity contribution < 1.29 is 8.42 Å². The Kier molecular flexibility index (Phi) is 5.86. The largest absolute Gasteiger partial charge is 0.378 e. The second-order valence-corrected chi connectivity index (χ2v) is 11.3. The van der Waals surface area contributed by atoms with Crippen LogP contribution in [-0.4, -0.2) is 8.42 Å². The monoisotopic (exact) mass is 518 g/mol. The van der Waals surface area contributed by atoms with Gasteiger partial charge in [0.15, 0.2) is 0 Å². The molecule has 2 N–H and O–H groups in total. The lowest BCUT2D eigenvalue weighted by atomic mass is 9.77. The van der Waals surface area contributed by atoms with Crippen LogP contribution in [0.4, 0.5) is 11.4 Å². The molecule has 3 aromatic rings. The Morgan fingerprint density at radius 2 is 1.79 bits per heavy atom. The average molecular weight is 520 g/mol. The van der Waals surface area contributed by atoms with Gasteiger partial charge in [0.25, 0.3) is 10.0 Å². The molecule has 4 nitrogen and oxygen atoms in total. The molecule has 0 aromatic heterocycles. The molecule has 0 spiro atoms. The van der Waals surface area contributed by atoms with Gasteiger partial charge in [-0.05, 0) is 78.4 Å². The third-order valence-corrected chi connectivity index (χ3v) is 8.79. The minimum Gasteiger partial charge on any atom is -0.378 e. The first kappa shape index (κ1) is 22.6. The Bertz CT molecular complexity index is 1390. The van der Waals surface area contributed by atoms with Crippen LogP contribution in [0.3, 0.4) is 0 Å². The molecule has 2 aliphatic rings. The van der Waals surface area contributed by atoms with Gasteiger partial charge in [-0.25, -0.2) is 8.42 Å². The summed E-state index contributed by atoms with van der Waals surface area (Å²) < 4.78 is 29.0. The minimum absolute atomic E-state index is 0.00282. The molecule has 0 fully saturated rings. The molecule has 0 amide bonds. The van der Waals surface area contributed by atoms with E-state index in [1.54, 1.807) is 43.3 Å². The third kappa shape index (κ3) is 4.12. The third-order valence-electron chi connectivity index (χ3n) is 6.45. The van der Waals surface area contributed by atoms with Crippen molar-refractivity contribution in [2.45, 2.75) is 30.2 Å². The number of fused-ring (bicyclic) bond motifs is 3. The summed E-state index contributed by atoms with van der Waals surface area (Å²) in [5, 5.41) is 5.32. The summed E-state index contributed by atoms with van der Waals surface area (Å²) in [4.78, 5) is 0.212. The van der Waals surface area contributed by atoms with Crippen molar-refractivity contribution >= 4 is 56.2 Å². The first-order valence-electron chi connectivity index (χ1n) is 10.5. The molecule has 1 aliphatic heterocycles. The van der Waals surface area contributed by atoms with Crippen molar-refractivity contribution in [2.24, 2.45) is 5.92 Å². The second-order valence-electron chi connectivity index (χ2n) is 8.41. The number of hydrogen-bond acceptors (Lipinski definition) is 3. The summed E-state index contributed by atoms with van der Waals surface area (Å²) in [6, 6.07) is 15.9. The van der Waals surface area contributed by atoms with Crippen LogP contribution in [0.15, 0.2) is 71.6 Å².